The van der Waals surface area contributed by atoms with Gasteiger partial charge in [-0.2, -0.15) is 0 Å². The summed E-state index contributed by atoms with van der Waals surface area (Å²) in [4.78, 5) is 12.3. The number of nitrogens with one attached hydrogen (secondary N) is 2. The second-order valence-electron chi connectivity index (χ2n) is 6.55. The van der Waals surface area contributed by atoms with E-state index in [1.807, 2.05) is 31.2 Å². The fourth-order valence-electron chi connectivity index (χ4n) is 2.69. The normalized spacial score (nSPS) is 11.1. The van der Waals surface area contributed by atoms with Crippen molar-refractivity contribution in [1.82, 2.24) is 0 Å². The van der Waals surface area contributed by atoms with Crippen molar-refractivity contribution in [2.45, 2.75) is 18.2 Å². The van der Waals surface area contributed by atoms with Gasteiger partial charge in [-0.25, -0.2) is 8.42 Å². The first-order valence-corrected chi connectivity index (χ1v) is 10.6. The lowest BCUT2D eigenvalue weighted by Crippen LogP contribution is -2.20. The largest absolute Gasteiger partial charge is 0.399 e. The minimum absolute atomic E-state index is 0.113. The highest BCUT2D eigenvalue weighted by atomic mass is 35.5. The predicted octanol–water partition coefficient (Wildman–Crippen LogP) is 4.21. The number of rotatable bonds is 6. The van der Waals surface area contributed by atoms with Crippen LogP contribution >= 0.6 is 11.6 Å². The number of para-hydroxylation sites is 1. The molecule has 6 nitrogen and oxygen atoms in total. The zero-order valence-electron chi connectivity index (χ0n) is 15.6. The number of benzene rings is 3. The highest BCUT2D eigenvalue weighted by molar-refractivity contribution is 7.93. The van der Waals surface area contributed by atoms with Gasteiger partial charge in [-0.1, -0.05) is 53.6 Å². The van der Waals surface area contributed by atoms with Crippen molar-refractivity contribution in [1.29, 1.82) is 0 Å². The zero-order valence-corrected chi connectivity index (χ0v) is 17.2. The minimum Gasteiger partial charge on any atom is -0.399 e. The van der Waals surface area contributed by atoms with Crippen LogP contribution in [-0.4, -0.2) is 14.3 Å². The van der Waals surface area contributed by atoms with E-state index in [1.54, 1.807) is 24.3 Å². The molecule has 0 saturated heterocycles. The molecule has 0 saturated carbocycles. The monoisotopic (exact) mass is 429 g/mol. The Kier molecular flexibility index (Phi) is 6.10. The SMILES string of the molecule is Cc1ccc(CC(=O)Nc2ccc(N)cc2S(=O)(=O)Nc2ccccc2Cl)cc1. The van der Waals surface area contributed by atoms with E-state index in [-0.39, 0.29) is 39.3 Å². The average Bonchev–Trinajstić information content (AvgIpc) is 2.67. The molecule has 0 aliphatic carbocycles. The van der Waals surface area contributed by atoms with E-state index in [4.69, 9.17) is 17.3 Å². The fourth-order valence-corrected chi connectivity index (χ4v) is 4.21. The molecular formula is C21H20ClN3O3S. The second-order valence-corrected chi connectivity index (χ2v) is 8.61. The van der Waals surface area contributed by atoms with Crippen LogP contribution < -0.4 is 15.8 Å². The third kappa shape index (κ3) is 5.28. The van der Waals surface area contributed by atoms with E-state index in [0.29, 0.717) is 0 Å². The van der Waals surface area contributed by atoms with Crippen LogP contribution in [0.15, 0.2) is 71.6 Å². The Morgan fingerprint density at radius 1 is 1.00 bits per heavy atom. The third-order valence-corrected chi connectivity index (χ3v) is 5.91. The summed E-state index contributed by atoms with van der Waals surface area (Å²) in [5.41, 5.74) is 8.31. The molecule has 3 aromatic rings. The van der Waals surface area contributed by atoms with Gasteiger partial charge < -0.3 is 11.1 Å². The summed E-state index contributed by atoms with van der Waals surface area (Å²) in [6, 6.07) is 18.3. The third-order valence-electron chi connectivity index (χ3n) is 4.17. The van der Waals surface area contributed by atoms with Crippen LogP contribution in [0.2, 0.25) is 5.02 Å². The van der Waals surface area contributed by atoms with Gasteiger partial charge in [-0.3, -0.25) is 9.52 Å². The van der Waals surface area contributed by atoms with E-state index in [1.165, 1.54) is 18.2 Å². The zero-order chi connectivity index (χ0) is 21.0. The molecule has 0 radical (unpaired) electrons. The molecule has 0 aliphatic rings. The molecule has 150 valence electrons. The lowest BCUT2D eigenvalue weighted by atomic mass is 10.1. The number of anilines is 3. The van der Waals surface area contributed by atoms with Crippen molar-refractivity contribution in [3.63, 3.8) is 0 Å². The molecule has 3 aromatic carbocycles. The van der Waals surface area contributed by atoms with E-state index in [2.05, 4.69) is 10.0 Å². The number of halogens is 1. The summed E-state index contributed by atoms with van der Waals surface area (Å²) in [5, 5.41) is 2.92. The second kappa shape index (κ2) is 8.55. The van der Waals surface area contributed by atoms with Crippen LogP contribution in [0.5, 0.6) is 0 Å². The molecule has 4 N–H and O–H groups in total. The summed E-state index contributed by atoms with van der Waals surface area (Å²) >= 11 is 6.05. The molecule has 0 aliphatic heterocycles. The number of hydrogen-bond acceptors (Lipinski definition) is 4. The van der Waals surface area contributed by atoms with Crippen molar-refractivity contribution in [3.8, 4) is 0 Å². The first-order valence-electron chi connectivity index (χ1n) is 8.77. The summed E-state index contributed by atoms with van der Waals surface area (Å²) in [6.07, 6.45) is 0.113. The summed E-state index contributed by atoms with van der Waals surface area (Å²) in [7, 11) is -4.04. The smallest absolute Gasteiger partial charge is 0.264 e. The van der Waals surface area contributed by atoms with Gasteiger partial charge in [0.25, 0.3) is 10.0 Å². The van der Waals surface area contributed by atoms with Crippen molar-refractivity contribution in [2.24, 2.45) is 0 Å². The minimum atomic E-state index is -4.04. The molecule has 0 unspecified atom stereocenters. The molecule has 29 heavy (non-hydrogen) atoms. The maximum atomic E-state index is 12.9. The lowest BCUT2D eigenvalue weighted by molar-refractivity contribution is -0.115. The quantitative estimate of drug-likeness (QED) is 0.511. The van der Waals surface area contributed by atoms with E-state index in [9.17, 15) is 13.2 Å². The summed E-state index contributed by atoms with van der Waals surface area (Å²) in [5.74, 6) is -0.340. The van der Waals surface area contributed by atoms with E-state index in [0.717, 1.165) is 11.1 Å². The number of amides is 1. The molecular weight excluding hydrogens is 410 g/mol. The Balaban J connectivity index is 1.86. The van der Waals surface area contributed by atoms with Gasteiger partial charge in [0.15, 0.2) is 0 Å². The molecule has 0 heterocycles. The number of nitrogen functional groups attached to an aromatic ring is 1. The van der Waals surface area contributed by atoms with E-state index >= 15 is 0 Å². The van der Waals surface area contributed by atoms with Crippen molar-refractivity contribution < 1.29 is 13.2 Å². The lowest BCUT2D eigenvalue weighted by Gasteiger charge is -2.15. The van der Waals surface area contributed by atoms with Gasteiger partial charge in [-0.05, 0) is 42.8 Å². The maximum absolute atomic E-state index is 12.9. The van der Waals surface area contributed by atoms with Gasteiger partial charge >= 0.3 is 0 Å². The van der Waals surface area contributed by atoms with Crippen molar-refractivity contribution in [2.75, 3.05) is 15.8 Å². The van der Waals surface area contributed by atoms with Gasteiger partial charge in [0, 0.05) is 5.69 Å². The predicted molar refractivity (Wildman–Crippen MR) is 117 cm³/mol. The van der Waals surface area contributed by atoms with Crippen LogP contribution in [0.25, 0.3) is 0 Å². The Morgan fingerprint density at radius 3 is 2.38 bits per heavy atom. The standard InChI is InChI=1S/C21H20ClN3O3S/c1-14-6-8-15(9-7-14)12-21(26)24-19-11-10-16(23)13-20(19)29(27,28)25-18-5-3-2-4-17(18)22/h2-11,13,25H,12,23H2,1H3,(H,24,26). The molecule has 3 rings (SSSR count). The number of carbonyl (C=O) groups excluding carboxylic acids is 1. The number of nitrogens with two attached hydrogens (primary N) is 1. The fraction of sp³-hybridized carbons (Fsp3) is 0.0952. The van der Waals surface area contributed by atoms with Crippen molar-refractivity contribution >= 4 is 44.6 Å². The van der Waals surface area contributed by atoms with Crippen LogP contribution in [0, 0.1) is 6.92 Å². The summed E-state index contributed by atoms with van der Waals surface area (Å²) in [6.45, 7) is 1.96. The average molecular weight is 430 g/mol. The molecule has 1 amide bonds. The molecule has 0 aromatic heterocycles. The van der Waals surface area contributed by atoms with Crippen LogP contribution in [0.3, 0.4) is 0 Å². The number of hydrogen-bond donors (Lipinski definition) is 3. The summed E-state index contributed by atoms with van der Waals surface area (Å²) < 4.78 is 28.3. The Bertz CT molecular complexity index is 1150. The molecule has 0 bridgehead atoms. The van der Waals surface area contributed by atoms with Gasteiger partial charge in [0.1, 0.15) is 4.90 Å². The first kappa shape index (κ1) is 20.7. The van der Waals surface area contributed by atoms with Crippen LogP contribution in [-0.2, 0) is 21.2 Å². The first-order chi connectivity index (χ1) is 13.7. The van der Waals surface area contributed by atoms with Gasteiger partial charge in [0.2, 0.25) is 5.91 Å². The maximum Gasteiger partial charge on any atom is 0.264 e. The van der Waals surface area contributed by atoms with Crippen LogP contribution in [0.4, 0.5) is 17.1 Å². The van der Waals surface area contributed by atoms with E-state index < -0.39 is 10.0 Å². The van der Waals surface area contributed by atoms with Crippen molar-refractivity contribution in [3.05, 3.63) is 82.9 Å². The number of carbonyl (C=O) groups is 1. The molecule has 0 spiro atoms. The number of aryl methyl sites for hydroxylation is 1. The molecule has 0 atom stereocenters. The Morgan fingerprint density at radius 2 is 1.69 bits per heavy atom. The Hall–Kier alpha value is -3.03. The number of sulfonamides is 1. The highest BCUT2D eigenvalue weighted by Gasteiger charge is 2.21. The highest BCUT2D eigenvalue weighted by Crippen LogP contribution is 2.29. The van der Waals surface area contributed by atoms with Gasteiger partial charge in [0.05, 0.1) is 22.8 Å². The topological polar surface area (TPSA) is 101 Å². The molecule has 0 fully saturated rings. The van der Waals surface area contributed by atoms with Gasteiger partial charge in [-0.15, -0.1) is 0 Å². The molecule has 8 heteroatoms. The Labute approximate surface area is 174 Å². The van der Waals surface area contributed by atoms with Crippen LogP contribution in [0.1, 0.15) is 11.1 Å².